The van der Waals surface area contributed by atoms with Gasteiger partial charge < -0.3 is 0 Å². The number of halogens is 1. The number of unbranched alkanes of at least 4 members (excludes halogenated alkanes) is 5. The molecule has 0 amide bonds. The summed E-state index contributed by atoms with van der Waals surface area (Å²) in [4.78, 5) is 0. The predicted octanol–water partition coefficient (Wildman–Crippen LogP) is 9.90. The van der Waals surface area contributed by atoms with Crippen LogP contribution in [0.5, 0.6) is 0 Å². The van der Waals surface area contributed by atoms with E-state index in [0.717, 1.165) is 34.9 Å². The van der Waals surface area contributed by atoms with E-state index in [0.29, 0.717) is 10.9 Å². The van der Waals surface area contributed by atoms with Crippen LogP contribution < -0.4 is 0 Å². The van der Waals surface area contributed by atoms with Gasteiger partial charge in [-0.25, -0.2) is 4.39 Å². The van der Waals surface area contributed by atoms with Crippen LogP contribution in [0.3, 0.4) is 0 Å². The lowest BCUT2D eigenvalue weighted by atomic mass is 9.97. The molecule has 0 aliphatic carbocycles. The highest BCUT2D eigenvalue weighted by molar-refractivity contribution is 5.89. The molecule has 0 aliphatic rings. The molecule has 4 aromatic rings. The van der Waals surface area contributed by atoms with Gasteiger partial charge in [-0.05, 0) is 72.0 Å². The number of fused-ring (bicyclic) bond motifs is 1. The van der Waals surface area contributed by atoms with E-state index in [2.05, 4.69) is 74.2 Å². The predicted molar refractivity (Wildman–Crippen MR) is 153 cm³/mol. The molecule has 0 saturated heterocycles. The molecule has 0 fully saturated rings. The van der Waals surface area contributed by atoms with Crippen LogP contribution >= 0.6 is 0 Å². The summed E-state index contributed by atoms with van der Waals surface area (Å²) >= 11 is 0. The highest BCUT2D eigenvalue weighted by Gasteiger charge is 2.10. The minimum Gasteiger partial charge on any atom is -0.206 e. The van der Waals surface area contributed by atoms with Crippen molar-refractivity contribution in [2.24, 2.45) is 0 Å². The first-order chi connectivity index (χ1) is 17.7. The van der Waals surface area contributed by atoms with Crippen LogP contribution in [-0.4, -0.2) is 0 Å². The number of rotatable bonds is 10. The van der Waals surface area contributed by atoms with Crippen LogP contribution in [0.4, 0.5) is 4.39 Å². The lowest BCUT2D eigenvalue weighted by Crippen LogP contribution is -1.90. The first kappa shape index (κ1) is 25.7. The van der Waals surface area contributed by atoms with E-state index >= 15 is 4.39 Å². The minimum atomic E-state index is -0.165. The van der Waals surface area contributed by atoms with Crippen molar-refractivity contribution in [2.75, 3.05) is 0 Å². The molecule has 4 rings (SSSR count). The van der Waals surface area contributed by atoms with Gasteiger partial charge in [0.2, 0.25) is 0 Å². The van der Waals surface area contributed by atoms with Crippen molar-refractivity contribution in [1.29, 1.82) is 0 Å². The van der Waals surface area contributed by atoms with Gasteiger partial charge in [-0.15, -0.1) is 0 Å². The van der Waals surface area contributed by atoms with Gasteiger partial charge in [0.1, 0.15) is 5.82 Å². The molecule has 0 atom stereocenters. The maximum absolute atomic E-state index is 15.4. The molecule has 0 bridgehead atoms. The molecule has 0 N–H and O–H groups in total. The number of benzene rings is 4. The fourth-order valence-corrected chi connectivity index (χ4v) is 4.66. The molecule has 0 nitrogen and oxygen atoms in total. The zero-order valence-corrected chi connectivity index (χ0v) is 21.7. The quantitative estimate of drug-likeness (QED) is 0.158. The summed E-state index contributed by atoms with van der Waals surface area (Å²) in [6, 6.07) is 26.6. The molecule has 4 aromatic carbocycles. The molecule has 1 heteroatoms. The molecule has 0 unspecified atom stereocenters. The van der Waals surface area contributed by atoms with Crippen molar-refractivity contribution in [1.82, 2.24) is 0 Å². The average Bonchev–Trinajstić information content (AvgIpc) is 2.92. The van der Waals surface area contributed by atoms with Gasteiger partial charge in [-0.1, -0.05) is 112 Å². The highest BCUT2D eigenvalue weighted by Crippen LogP contribution is 2.30. The van der Waals surface area contributed by atoms with Crippen molar-refractivity contribution < 1.29 is 4.39 Å². The molecule has 0 aliphatic heterocycles. The summed E-state index contributed by atoms with van der Waals surface area (Å²) in [5.41, 5.74) is 6.16. The van der Waals surface area contributed by atoms with Gasteiger partial charge in [0.05, 0.1) is 0 Å². The van der Waals surface area contributed by atoms with E-state index < -0.39 is 0 Å². The summed E-state index contributed by atoms with van der Waals surface area (Å²) in [6.07, 6.45) is 11.0. The molecule has 0 aromatic heterocycles. The van der Waals surface area contributed by atoms with Crippen molar-refractivity contribution >= 4 is 10.8 Å². The Morgan fingerprint density at radius 1 is 0.583 bits per heavy atom. The Morgan fingerprint density at radius 3 is 1.92 bits per heavy atom. The molecular weight excluding hydrogens is 439 g/mol. The second-order valence-electron chi connectivity index (χ2n) is 9.77. The normalized spacial score (nSPS) is 10.9. The first-order valence-electron chi connectivity index (χ1n) is 13.6. The highest BCUT2D eigenvalue weighted by atomic mass is 19.1. The van der Waals surface area contributed by atoms with Gasteiger partial charge in [-0.3, -0.25) is 0 Å². The fraction of sp³-hybridized carbons (Fsp3) is 0.314. The molecule has 0 radical (unpaired) electrons. The number of hydrogen-bond donors (Lipinski definition) is 0. The van der Waals surface area contributed by atoms with Crippen molar-refractivity contribution in [3.05, 3.63) is 107 Å². The van der Waals surface area contributed by atoms with E-state index in [1.54, 1.807) is 0 Å². The van der Waals surface area contributed by atoms with Crippen LogP contribution in [0.2, 0.25) is 0 Å². The van der Waals surface area contributed by atoms with E-state index in [9.17, 15) is 0 Å². The SMILES string of the molecule is CCCCCCCc1ccc(-c2ccc3cc(C#Cc4ccc(CCCC)cc4)ccc3c2F)cc1. The standard InChI is InChI=1S/C35H37F/c1-3-5-7-8-9-11-28-18-21-31(22-19-28)33-25-23-32-26-30(20-24-34(32)35(33)36)17-16-29-14-12-27(13-15-29)10-6-4-2/h12-15,18-26H,3-11H2,1-2H3. The van der Waals surface area contributed by atoms with Crippen molar-refractivity contribution in [3.8, 4) is 23.0 Å². The third kappa shape index (κ3) is 6.86. The monoisotopic (exact) mass is 476 g/mol. The number of hydrogen-bond acceptors (Lipinski definition) is 0. The molecular formula is C35H37F. The Balaban J connectivity index is 1.46. The molecule has 0 saturated carbocycles. The molecule has 36 heavy (non-hydrogen) atoms. The van der Waals surface area contributed by atoms with E-state index in [1.165, 1.54) is 56.1 Å². The largest absolute Gasteiger partial charge is 0.206 e. The fourth-order valence-electron chi connectivity index (χ4n) is 4.66. The third-order valence-corrected chi connectivity index (χ3v) is 6.91. The second-order valence-corrected chi connectivity index (χ2v) is 9.77. The Labute approximate surface area is 216 Å². The van der Waals surface area contributed by atoms with Gasteiger partial charge in [0.15, 0.2) is 0 Å². The Morgan fingerprint density at radius 2 is 1.19 bits per heavy atom. The van der Waals surface area contributed by atoms with E-state index in [4.69, 9.17) is 0 Å². The summed E-state index contributed by atoms with van der Waals surface area (Å²) in [5.74, 6) is 6.32. The van der Waals surface area contributed by atoms with Gasteiger partial charge in [0, 0.05) is 22.1 Å². The summed E-state index contributed by atoms with van der Waals surface area (Å²) in [7, 11) is 0. The van der Waals surface area contributed by atoms with Gasteiger partial charge >= 0.3 is 0 Å². The van der Waals surface area contributed by atoms with Crippen LogP contribution in [0.1, 0.15) is 81.0 Å². The molecule has 0 heterocycles. The second kappa shape index (κ2) is 13.1. The van der Waals surface area contributed by atoms with Crippen LogP contribution in [-0.2, 0) is 12.8 Å². The van der Waals surface area contributed by atoms with E-state index in [-0.39, 0.29) is 5.82 Å². The molecule has 0 spiro atoms. The summed E-state index contributed by atoms with van der Waals surface area (Å²) in [5, 5.41) is 1.51. The number of aryl methyl sites for hydroxylation is 2. The van der Waals surface area contributed by atoms with Crippen LogP contribution in [0.15, 0.2) is 78.9 Å². The lowest BCUT2D eigenvalue weighted by molar-refractivity contribution is 0.632. The maximum atomic E-state index is 15.4. The van der Waals surface area contributed by atoms with Crippen LogP contribution in [0, 0.1) is 17.7 Å². The average molecular weight is 477 g/mol. The Hall–Kier alpha value is -3.37. The van der Waals surface area contributed by atoms with Crippen LogP contribution in [0.25, 0.3) is 21.9 Å². The Kier molecular flexibility index (Phi) is 9.34. The summed E-state index contributed by atoms with van der Waals surface area (Å²) < 4.78 is 15.4. The van der Waals surface area contributed by atoms with Gasteiger partial charge in [-0.2, -0.15) is 0 Å². The minimum absolute atomic E-state index is 0.165. The van der Waals surface area contributed by atoms with Gasteiger partial charge in [0.25, 0.3) is 0 Å². The zero-order valence-electron chi connectivity index (χ0n) is 21.7. The third-order valence-electron chi connectivity index (χ3n) is 6.91. The Bertz CT molecular complexity index is 1320. The lowest BCUT2D eigenvalue weighted by Gasteiger charge is -2.09. The smallest absolute Gasteiger partial charge is 0.138 e. The first-order valence-corrected chi connectivity index (χ1v) is 13.6. The summed E-state index contributed by atoms with van der Waals surface area (Å²) in [6.45, 7) is 4.46. The topological polar surface area (TPSA) is 0 Å². The zero-order chi connectivity index (χ0) is 25.2. The maximum Gasteiger partial charge on any atom is 0.138 e. The van der Waals surface area contributed by atoms with Crippen molar-refractivity contribution in [3.63, 3.8) is 0 Å². The molecule has 184 valence electrons. The van der Waals surface area contributed by atoms with E-state index in [1.807, 2.05) is 30.3 Å². The van der Waals surface area contributed by atoms with Crippen molar-refractivity contribution in [2.45, 2.75) is 71.6 Å².